The van der Waals surface area contributed by atoms with E-state index < -0.39 is 16.1 Å². The van der Waals surface area contributed by atoms with Crippen molar-refractivity contribution in [1.29, 1.82) is 0 Å². The summed E-state index contributed by atoms with van der Waals surface area (Å²) in [6.07, 6.45) is 4.32. The Kier molecular flexibility index (Phi) is 5.24. The van der Waals surface area contributed by atoms with Crippen LogP contribution in [0.4, 0.5) is 5.82 Å². The predicted molar refractivity (Wildman–Crippen MR) is 101 cm³/mol. The lowest BCUT2D eigenvalue weighted by Gasteiger charge is -2.31. The molecular weight excluding hydrogens is 352 g/mol. The molecule has 1 aliphatic rings. The molecule has 1 atom stereocenters. The number of benzene rings is 1. The predicted octanol–water partition coefficient (Wildman–Crippen LogP) is 1.81. The fourth-order valence-corrected chi connectivity index (χ4v) is 3.96. The molecule has 26 heavy (non-hydrogen) atoms. The summed E-state index contributed by atoms with van der Waals surface area (Å²) in [4.78, 5) is 14.3. The number of nitrogens with zero attached hydrogens (tertiary/aromatic N) is 3. The van der Waals surface area contributed by atoms with E-state index in [0.29, 0.717) is 25.2 Å². The summed E-state index contributed by atoms with van der Waals surface area (Å²) >= 11 is 0. The highest BCUT2D eigenvalue weighted by Crippen LogP contribution is 2.20. The van der Waals surface area contributed by atoms with Crippen LogP contribution in [0.2, 0.25) is 0 Å². The van der Waals surface area contributed by atoms with E-state index in [1.807, 2.05) is 31.2 Å². The van der Waals surface area contributed by atoms with Gasteiger partial charge in [-0.2, -0.15) is 9.82 Å². The summed E-state index contributed by atoms with van der Waals surface area (Å²) in [5.41, 5.74) is 1.89. The number of rotatable bonds is 5. The molecule has 1 N–H and O–H groups in total. The van der Waals surface area contributed by atoms with Crippen molar-refractivity contribution in [3.05, 3.63) is 53.1 Å². The molecule has 0 aliphatic carbocycles. The third-order valence-electron chi connectivity index (χ3n) is 4.33. The van der Waals surface area contributed by atoms with Gasteiger partial charge in [-0.15, -0.1) is 0 Å². The number of anilines is 1. The Bertz CT molecular complexity index is 916. The summed E-state index contributed by atoms with van der Waals surface area (Å²) in [7, 11) is -1.97. The molecule has 8 heteroatoms. The van der Waals surface area contributed by atoms with Crippen molar-refractivity contribution >= 4 is 27.8 Å². The zero-order valence-electron chi connectivity index (χ0n) is 14.8. The number of aryl methyl sites for hydroxylation is 2. The minimum atomic E-state index is -3.73. The molecular formula is C18H22N4O3S. The highest BCUT2D eigenvalue weighted by molar-refractivity contribution is 7.92. The van der Waals surface area contributed by atoms with E-state index in [2.05, 4.69) is 9.82 Å². The zero-order chi connectivity index (χ0) is 18.7. The molecule has 138 valence electrons. The molecule has 1 aliphatic heterocycles. The van der Waals surface area contributed by atoms with Crippen molar-refractivity contribution in [2.75, 3.05) is 11.4 Å². The standard InChI is InChI=1S/C18H22N4O3S/c1-14-5-7-15(8-6-14)10-13-26(24,25)20-16-4-3-12-22(18(16)23)17-9-11-19-21(17)2/h5-11,13,16,20H,3-4,12H2,1-2H3/b13-10+. The number of carbonyl (C=O) groups excluding carboxylic acids is 1. The van der Waals surface area contributed by atoms with Crippen molar-refractivity contribution in [3.8, 4) is 0 Å². The van der Waals surface area contributed by atoms with Crippen LogP contribution in [0.3, 0.4) is 0 Å². The van der Waals surface area contributed by atoms with Gasteiger partial charge in [0.05, 0.1) is 6.20 Å². The Labute approximate surface area is 153 Å². The van der Waals surface area contributed by atoms with Gasteiger partial charge < -0.3 is 0 Å². The summed E-state index contributed by atoms with van der Waals surface area (Å²) in [6, 6.07) is 8.48. The Balaban J connectivity index is 1.71. The molecule has 0 spiro atoms. The van der Waals surface area contributed by atoms with Gasteiger partial charge in [-0.25, -0.2) is 8.42 Å². The van der Waals surface area contributed by atoms with Crippen LogP contribution >= 0.6 is 0 Å². The maximum absolute atomic E-state index is 12.7. The van der Waals surface area contributed by atoms with Gasteiger partial charge >= 0.3 is 0 Å². The van der Waals surface area contributed by atoms with Crippen LogP contribution < -0.4 is 9.62 Å². The molecule has 0 radical (unpaired) electrons. The van der Waals surface area contributed by atoms with Gasteiger partial charge in [-0.3, -0.25) is 14.4 Å². The van der Waals surface area contributed by atoms with E-state index >= 15 is 0 Å². The second-order valence-electron chi connectivity index (χ2n) is 6.37. The third kappa shape index (κ3) is 4.20. The van der Waals surface area contributed by atoms with Gasteiger partial charge in [-0.1, -0.05) is 29.8 Å². The normalized spacial score (nSPS) is 18.6. The number of aromatic nitrogens is 2. The SMILES string of the molecule is Cc1ccc(/C=C/S(=O)(=O)NC2CCCN(c3ccnn3C)C2=O)cc1. The van der Waals surface area contributed by atoms with Crippen LogP contribution in [0, 0.1) is 6.92 Å². The van der Waals surface area contributed by atoms with E-state index in [-0.39, 0.29) is 5.91 Å². The van der Waals surface area contributed by atoms with Crippen LogP contribution in [0.25, 0.3) is 6.08 Å². The van der Waals surface area contributed by atoms with Crippen LogP contribution in [-0.2, 0) is 21.9 Å². The number of hydrogen-bond donors (Lipinski definition) is 1. The lowest BCUT2D eigenvalue weighted by Crippen LogP contribution is -2.52. The Morgan fingerprint density at radius 1 is 1.23 bits per heavy atom. The molecule has 1 aromatic carbocycles. The minimum absolute atomic E-state index is 0.257. The number of carbonyl (C=O) groups is 1. The second kappa shape index (κ2) is 7.43. The van der Waals surface area contributed by atoms with Crippen LogP contribution in [0.15, 0.2) is 41.9 Å². The van der Waals surface area contributed by atoms with Gasteiger partial charge in [0.2, 0.25) is 15.9 Å². The molecule has 2 heterocycles. The maximum atomic E-state index is 12.7. The first kappa shape index (κ1) is 18.3. The fraction of sp³-hybridized carbons (Fsp3) is 0.333. The molecule has 7 nitrogen and oxygen atoms in total. The topological polar surface area (TPSA) is 84.3 Å². The molecule has 3 rings (SSSR count). The molecule has 1 unspecified atom stereocenters. The smallest absolute Gasteiger partial charge is 0.246 e. The summed E-state index contributed by atoms with van der Waals surface area (Å²) in [6.45, 7) is 2.52. The zero-order valence-corrected chi connectivity index (χ0v) is 15.6. The number of nitrogens with one attached hydrogen (secondary N) is 1. The average Bonchev–Trinajstić information content (AvgIpc) is 3.02. The second-order valence-corrected chi connectivity index (χ2v) is 7.97. The summed E-state index contributed by atoms with van der Waals surface area (Å²) in [5, 5.41) is 5.17. The lowest BCUT2D eigenvalue weighted by molar-refractivity contribution is -0.121. The largest absolute Gasteiger partial charge is 0.296 e. The number of sulfonamides is 1. The van der Waals surface area contributed by atoms with Gasteiger partial charge in [-0.05, 0) is 31.4 Å². The quantitative estimate of drug-likeness (QED) is 0.865. The van der Waals surface area contributed by atoms with Crippen molar-refractivity contribution in [3.63, 3.8) is 0 Å². The van der Waals surface area contributed by atoms with Crippen LogP contribution in [-0.4, -0.2) is 36.7 Å². The molecule has 0 saturated carbocycles. The monoisotopic (exact) mass is 374 g/mol. The van der Waals surface area contributed by atoms with Gasteiger partial charge in [0.25, 0.3) is 0 Å². The molecule has 1 aromatic heterocycles. The Hall–Kier alpha value is -2.45. The van der Waals surface area contributed by atoms with Gasteiger partial charge in [0, 0.05) is 25.1 Å². The minimum Gasteiger partial charge on any atom is -0.296 e. The third-order valence-corrected chi connectivity index (χ3v) is 5.44. The summed E-state index contributed by atoms with van der Waals surface area (Å²) in [5.74, 6) is 0.404. The molecule has 1 amide bonds. The molecule has 0 bridgehead atoms. The van der Waals surface area contributed by atoms with E-state index in [1.54, 1.807) is 28.9 Å². The Morgan fingerprint density at radius 2 is 1.96 bits per heavy atom. The van der Waals surface area contributed by atoms with Crippen LogP contribution in [0.5, 0.6) is 0 Å². The maximum Gasteiger partial charge on any atom is 0.246 e. The first-order chi connectivity index (χ1) is 12.4. The number of hydrogen-bond acceptors (Lipinski definition) is 4. The average molecular weight is 374 g/mol. The highest BCUT2D eigenvalue weighted by atomic mass is 32.2. The highest BCUT2D eigenvalue weighted by Gasteiger charge is 2.33. The van der Waals surface area contributed by atoms with E-state index in [9.17, 15) is 13.2 Å². The van der Waals surface area contributed by atoms with Crippen molar-refractivity contribution in [2.45, 2.75) is 25.8 Å². The molecule has 2 aromatic rings. The molecule has 1 saturated heterocycles. The fourth-order valence-electron chi connectivity index (χ4n) is 2.93. The van der Waals surface area contributed by atoms with Crippen LogP contribution in [0.1, 0.15) is 24.0 Å². The Morgan fingerprint density at radius 3 is 2.62 bits per heavy atom. The molecule has 1 fully saturated rings. The van der Waals surface area contributed by atoms with Crippen molar-refractivity contribution < 1.29 is 13.2 Å². The van der Waals surface area contributed by atoms with E-state index in [1.165, 1.54) is 6.08 Å². The number of amides is 1. The van der Waals surface area contributed by atoms with E-state index in [0.717, 1.165) is 16.5 Å². The van der Waals surface area contributed by atoms with Gasteiger partial charge in [0.1, 0.15) is 11.9 Å². The van der Waals surface area contributed by atoms with E-state index in [4.69, 9.17) is 0 Å². The van der Waals surface area contributed by atoms with Gasteiger partial charge in [0.15, 0.2) is 0 Å². The number of piperidine rings is 1. The van der Waals surface area contributed by atoms with Crippen molar-refractivity contribution in [2.24, 2.45) is 7.05 Å². The first-order valence-corrected chi connectivity index (χ1v) is 9.97. The first-order valence-electron chi connectivity index (χ1n) is 8.42. The lowest BCUT2D eigenvalue weighted by atomic mass is 10.1. The van der Waals surface area contributed by atoms with Crippen molar-refractivity contribution in [1.82, 2.24) is 14.5 Å². The summed E-state index contributed by atoms with van der Waals surface area (Å²) < 4.78 is 28.8.